The van der Waals surface area contributed by atoms with E-state index in [9.17, 15) is 13.2 Å². The molecule has 0 atom stereocenters. The van der Waals surface area contributed by atoms with Crippen molar-refractivity contribution in [1.82, 2.24) is 9.78 Å². The van der Waals surface area contributed by atoms with E-state index in [0.29, 0.717) is 5.69 Å². The van der Waals surface area contributed by atoms with Crippen LogP contribution in [0.2, 0.25) is 0 Å². The molecule has 16 heavy (non-hydrogen) atoms. The van der Waals surface area contributed by atoms with Gasteiger partial charge in [0, 0.05) is 12.5 Å². The highest BCUT2D eigenvalue weighted by molar-refractivity contribution is 7.90. The Morgan fingerprint density at radius 2 is 2.31 bits per heavy atom. The monoisotopic (exact) mass is 247 g/mol. The molecule has 0 saturated heterocycles. The molecule has 90 valence electrons. The van der Waals surface area contributed by atoms with Crippen LogP contribution in [-0.4, -0.2) is 42.8 Å². The fraction of sp³-hybridized carbons (Fsp3) is 0.500. The van der Waals surface area contributed by atoms with Crippen LogP contribution in [0.25, 0.3) is 0 Å². The van der Waals surface area contributed by atoms with Gasteiger partial charge >= 0.3 is 5.97 Å². The average Bonchev–Trinajstić information content (AvgIpc) is 2.48. The molecule has 1 heterocycles. The van der Waals surface area contributed by atoms with Gasteiger partial charge in [-0.05, 0) is 0 Å². The number of sulfone groups is 1. The minimum absolute atomic E-state index is 0.0824. The summed E-state index contributed by atoms with van der Waals surface area (Å²) in [6.45, 7) is -0.227. The van der Waals surface area contributed by atoms with Crippen LogP contribution in [-0.2, 0) is 25.9 Å². The van der Waals surface area contributed by atoms with Crippen molar-refractivity contribution in [3.8, 4) is 0 Å². The number of nitrogen functional groups attached to an aromatic ring is 1. The lowest BCUT2D eigenvalue weighted by atomic mass is 10.6. The Hall–Kier alpha value is -1.57. The molecule has 1 aromatic heterocycles. The molecule has 0 aliphatic rings. The number of anilines is 1. The maximum atomic E-state index is 11.2. The van der Waals surface area contributed by atoms with Gasteiger partial charge in [0.25, 0.3) is 0 Å². The molecule has 1 rings (SSSR count). The van der Waals surface area contributed by atoms with Gasteiger partial charge in [-0.1, -0.05) is 0 Å². The second kappa shape index (κ2) is 4.97. The Balaban J connectivity index is 2.32. The third kappa shape index (κ3) is 4.78. The predicted octanol–water partition coefficient (Wildman–Crippen LogP) is -0.947. The van der Waals surface area contributed by atoms with Gasteiger partial charge in [0.05, 0.1) is 17.6 Å². The van der Waals surface area contributed by atoms with Gasteiger partial charge < -0.3 is 10.5 Å². The highest BCUT2D eigenvalue weighted by Gasteiger charge is 2.07. The summed E-state index contributed by atoms with van der Waals surface area (Å²) in [5, 5.41) is 3.79. The molecule has 0 aliphatic heterocycles. The molecule has 0 amide bonds. The number of rotatable bonds is 5. The van der Waals surface area contributed by atoms with E-state index in [-0.39, 0.29) is 18.9 Å². The van der Waals surface area contributed by atoms with Crippen LogP contribution in [0.4, 0.5) is 5.69 Å². The van der Waals surface area contributed by atoms with Crippen LogP contribution in [0.15, 0.2) is 12.4 Å². The van der Waals surface area contributed by atoms with Crippen LogP contribution >= 0.6 is 0 Å². The van der Waals surface area contributed by atoms with Crippen molar-refractivity contribution in [2.24, 2.45) is 0 Å². The number of nitrogens with two attached hydrogens (primary N) is 1. The lowest BCUT2D eigenvalue weighted by molar-refractivity contribution is -0.143. The van der Waals surface area contributed by atoms with E-state index in [1.165, 1.54) is 17.1 Å². The molecule has 1 aromatic rings. The maximum Gasteiger partial charge on any atom is 0.327 e. The van der Waals surface area contributed by atoms with Crippen molar-refractivity contribution in [3.05, 3.63) is 12.4 Å². The molecular weight excluding hydrogens is 234 g/mol. The summed E-state index contributed by atoms with van der Waals surface area (Å²) >= 11 is 0. The average molecular weight is 247 g/mol. The van der Waals surface area contributed by atoms with E-state index in [1.807, 2.05) is 0 Å². The van der Waals surface area contributed by atoms with Crippen molar-refractivity contribution in [1.29, 1.82) is 0 Å². The summed E-state index contributed by atoms with van der Waals surface area (Å²) in [6, 6.07) is 0. The van der Waals surface area contributed by atoms with Crippen LogP contribution < -0.4 is 5.73 Å². The first-order chi connectivity index (χ1) is 7.37. The quantitative estimate of drug-likeness (QED) is 0.673. The van der Waals surface area contributed by atoms with Gasteiger partial charge in [-0.2, -0.15) is 5.10 Å². The number of hydrogen-bond donors (Lipinski definition) is 1. The van der Waals surface area contributed by atoms with Crippen molar-refractivity contribution < 1.29 is 17.9 Å². The molecule has 8 heteroatoms. The van der Waals surface area contributed by atoms with Crippen molar-refractivity contribution >= 4 is 21.5 Å². The third-order valence-electron chi connectivity index (χ3n) is 1.66. The number of esters is 1. The Labute approximate surface area is 93.1 Å². The minimum atomic E-state index is -3.11. The van der Waals surface area contributed by atoms with Gasteiger partial charge in [0.2, 0.25) is 0 Å². The fourth-order valence-corrected chi connectivity index (χ4v) is 1.34. The van der Waals surface area contributed by atoms with Gasteiger partial charge in [0.1, 0.15) is 13.2 Å². The number of nitrogens with zero attached hydrogens (tertiary/aromatic N) is 2. The SMILES string of the molecule is CS(=O)(=O)CCOC(=O)Cn1cc(N)cn1. The summed E-state index contributed by atoms with van der Waals surface area (Å²) in [5.41, 5.74) is 5.84. The maximum absolute atomic E-state index is 11.2. The van der Waals surface area contributed by atoms with Crippen LogP contribution in [0.1, 0.15) is 0 Å². The summed E-state index contributed by atoms with van der Waals surface area (Å²) < 4.78 is 27.5. The van der Waals surface area contributed by atoms with Crippen LogP contribution in [0.5, 0.6) is 0 Å². The molecule has 0 aromatic carbocycles. The highest BCUT2D eigenvalue weighted by Crippen LogP contribution is 1.98. The first kappa shape index (κ1) is 12.5. The van der Waals surface area contributed by atoms with Crippen molar-refractivity contribution in [3.63, 3.8) is 0 Å². The Morgan fingerprint density at radius 3 is 2.81 bits per heavy atom. The molecule has 0 saturated carbocycles. The van der Waals surface area contributed by atoms with E-state index in [0.717, 1.165) is 6.26 Å². The predicted molar refractivity (Wildman–Crippen MR) is 57.3 cm³/mol. The van der Waals surface area contributed by atoms with E-state index >= 15 is 0 Å². The lowest BCUT2D eigenvalue weighted by Gasteiger charge is -2.03. The highest BCUT2D eigenvalue weighted by atomic mass is 32.2. The molecule has 0 aliphatic carbocycles. The number of hydrogen-bond acceptors (Lipinski definition) is 6. The molecular formula is C8H13N3O4S. The first-order valence-electron chi connectivity index (χ1n) is 4.48. The normalized spacial score (nSPS) is 11.3. The summed E-state index contributed by atoms with van der Waals surface area (Å²) in [5.74, 6) is -0.730. The van der Waals surface area contributed by atoms with Gasteiger partial charge in [-0.15, -0.1) is 0 Å². The first-order valence-corrected chi connectivity index (χ1v) is 6.54. The van der Waals surface area contributed by atoms with E-state index in [1.54, 1.807) is 0 Å². The minimum Gasteiger partial charge on any atom is -0.463 e. The third-order valence-corrected chi connectivity index (χ3v) is 2.57. The summed E-state index contributed by atoms with van der Waals surface area (Å²) in [6.07, 6.45) is 3.97. The molecule has 2 N–H and O–H groups in total. The van der Waals surface area contributed by atoms with E-state index in [2.05, 4.69) is 5.10 Å². The number of ether oxygens (including phenoxy) is 1. The zero-order valence-electron chi connectivity index (χ0n) is 8.79. The standard InChI is InChI=1S/C8H13N3O4S/c1-16(13,14)3-2-15-8(12)6-11-5-7(9)4-10-11/h4-5H,2-3,6,9H2,1H3. The summed E-state index contributed by atoms with van der Waals surface area (Å²) in [4.78, 5) is 11.2. The summed E-state index contributed by atoms with van der Waals surface area (Å²) in [7, 11) is -3.11. The number of carbonyl (C=O) groups is 1. The molecule has 0 spiro atoms. The second-order valence-corrected chi connectivity index (χ2v) is 5.58. The topological polar surface area (TPSA) is 104 Å². The van der Waals surface area contributed by atoms with Crippen LogP contribution in [0, 0.1) is 0 Å². The molecule has 0 fully saturated rings. The van der Waals surface area contributed by atoms with Crippen LogP contribution in [0.3, 0.4) is 0 Å². The lowest BCUT2D eigenvalue weighted by Crippen LogP contribution is -2.18. The largest absolute Gasteiger partial charge is 0.463 e. The smallest absolute Gasteiger partial charge is 0.327 e. The second-order valence-electron chi connectivity index (χ2n) is 3.32. The molecule has 0 bridgehead atoms. The Morgan fingerprint density at radius 1 is 1.62 bits per heavy atom. The van der Waals surface area contributed by atoms with E-state index in [4.69, 9.17) is 10.5 Å². The Bertz CT molecular complexity index is 465. The van der Waals surface area contributed by atoms with E-state index < -0.39 is 15.8 Å². The molecule has 7 nitrogen and oxygen atoms in total. The Kier molecular flexibility index (Phi) is 3.88. The van der Waals surface area contributed by atoms with Crippen molar-refractivity contribution in [2.75, 3.05) is 24.3 Å². The zero-order valence-corrected chi connectivity index (χ0v) is 9.61. The zero-order chi connectivity index (χ0) is 12.2. The van der Waals surface area contributed by atoms with Crippen molar-refractivity contribution in [2.45, 2.75) is 6.54 Å². The molecule has 0 radical (unpaired) electrons. The van der Waals surface area contributed by atoms with Gasteiger partial charge in [0.15, 0.2) is 9.84 Å². The van der Waals surface area contributed by atoms with Gasteiger partial charge in [-0.25, -0.2) is 8.42 Å². The fourth-order valence-electron chi connectivity index (χ4n) is 0.951. The van der Waals surface area contributed by atoms with Gasteiger partial charge in [-0.3, -0.25) is 9.48 Å². The number of aromatic nitrogens is 2. The number of carbonyl (C=O) groups excluding carboxylic acids is 1. The molecule has 0 unspecified atom stereocenters.